The Labute approximate surface area is 103 Å². The topological polar surface area (TPSA) is 29.1 Å². The van der Waals surface area contributed by atoms with Crippen LogP contribution < -0.4 is 5.32 Å². The molecule has 1 aliphatic carbocycles. The third-order valence-electron chi connectivity index (χ3n) is 3.28. The van der Waals surface area contributed by atoms with E-state index in [1.165, 1.54) is 30.4 Å². The molecule has 2 heteroatoms. The lowest BCUT2D eigenvalue weighted by Crippen LogP contribution is -2.27. The smallest absolute Gasteiger partial charge is 0.251 e. The summed E-state index contributed by atoms with van der Waals surface area (Å²) in [5.41, 5.74) is 3.61. The summed E-state index contributed by atoms with van der Waals surface area (Å²) in [7, 11) is 0. The number of rotatable bonds is 3. The van der Waals surface area contributed by atoms with E-state index >= 15 is 0 Å². The minimum absolute atomic E-state index is 0.0621. The summed E-state index contributed by atoms with van der Waals surface area (Å²) in [6.45, 7) is 4.95. The van der Waals surface area contributed by atoms with Crippen LogP contribution in [0.25, 0.3) is 0 Å². The molecule has 1 aliphatic rings. The quantitative estimate of drug-likeness (QED) is 0.851. The van der Waals surface area contributed by atoms with Crippen molar-refractivity contribution in [1.29, 1.82) is 0 Å². The third kappa shape index (κ3) is 3.09. The van der Waals surface area contributed by atoms with Gasteiger partial charge in [-0.25, -0.2) is 0 Å². The van der Waals surface area contributed by atoms with Gasteiger partial charge in [-0.05, 0) is 54.9 Å². The minimum atomic E-state index is 0.0621. The molecule has 2 rings (SSSR count). The highest BCUT2D eigenvalue weighted by Crippen LogP contribution is 2.22. The van der Waals surface area contributed by atoms with E-state index in [0.717, 1.165) is 18.5 Å². The molecule has 0 aromatic heterocycles. The first kappa shape index (κ1) is 12.2. The molecule has 0 heterocycles. The summed E-state index contributed by atoms with van der Waals surface area (Å²) >= 11 is 0. The molecule has 0 saturated carbocycles. The van der Waals surface area contributed by atoms with Gasteiger partial charge in [-0.1, -0.05) is 19.9 Å². The number of carbonyl (C=O) groups excluding carboxylic acids is 1. The summed E-state index contributed by atoms with van der Waals surface area (Å²) in [5.74, 6) is 0.559. The highest BCUT2D eigenvalue weighted by Gasteiger charge is 2.12. The second kappa shape index (κ2) is 5.35. The van der Waals surface area contributed by atoms with Crippen molar-refractivity contribution < 1.29 is 4.79 Å². The molecule has 0 fully saturated rings. The fraction of sp³-hybridized carbons (Fsp3) is 0.533. The zero-order chi connectivity index (χ0) is 12.3. The summed E-state index contributed by atoms with van der Waals surface area (Å²) in [5, 5.41) is 2.97. The first-order valence-electron chi connectivity index (χ1n) is 6.57. The van der Waals surface area contributed by atoms with Crippen LogP contribution in [0.4, 0.5) is 0 Å². The van der Waals surface area contributed by atoms with Gasteiger partial charge in [0.15, 0.2) is 0 Å². The van der Waals surface area contributed by atoms with Crippen molar-refractivity contribution in [2.24, 2.45) is 5.92 Å². The zero-order valence-electron chi connectivity index (χ0n) is 10.8. The molecule has 1 aromatic rings. The van der Waals surface area contributed by atoms with Crippen molar-refractivity contribution >= 4 is 5.91 Å². The maximum atomic E-state index is 11.9. The molecule has 92 valence electrons. The van der Waals surface area contributed by atoms with Crippen LogP contribution in [0.1, 0.15) is 48.2 Å². The van der Waals surface area contributed by atoms with Crippen molar-refractivity contribution in [1.82, 2.24) is 5.32 Å². The van der Waals surface area contributed by atoms with Gasteiger partial charge in [-0.3, -0.25) is 4.79 Å². The van der Waals surface area contributed by atoms with Gasteiger partial charge in [0.1, 0.15) is 0 Å². The fourth-order valence-corrected chi connectivity index (χ4v) is 2.27. The van der Waals surface area contributed by atoms with E-state index in [9.17, 15) is 4.79 Å². The van der Waals surface area contributed by atoms with Crippen molar-refractivity contribution in [2.45, 2.75) is 39.5 Å². The van der Waals surface area contributed by atoms with E-state index in [1.54, 1.807) is 0 Å². The Balaban J connectivity index is 2.08. The molecule has 2 nitrogen and oxygen atoms in total. The van der Waals surface area contributed by atoms with Crippen LogP contribution in [0.15, 0.2) is 18.2 Å². The molecule has 17 heavy (non-hydrogen) atoms. The first-order chi connectivity index (χ1) is 8.16. The van der Waals surface area contributed by atoms with E-state index in [1.807, 2.05) is 6.07 Å². The number of hydrogen-bond acceptors (Lipinski definition) is 1. The van der Waals surface area contributed by atoms with Gasteiger partial charge in [0.05, 0.1) is 0 Å². The van der Waals surface area contributed by atoms with Crippen LogP contribution in [0.2, 0.25) is 0 Å². The number of fused-ring (bicyclic) bond motifs is 1. The SMILES string of the molecule is CC(C)CNC(=O)c1ccc2c(c1)CCCC2. The molecule has 1 N–H and O–H groups in total. The molecule has 0 spiro atoms. The number of amides is 1. The van der Waals surface area contributed by atoms with Crippen LogP contribution in [0, 0.1) is 5.92 Å². The van der Waals surface area contributed by atoms with Gasteiger partial charge in [-0.15, -0.1) is 0 Å². The van der Waals surface area contributed by atoms with E-state index < -0.39 is 0 Å². The Morgan fingerprint density at radius 2 is 1.94 bits per heavy atom. The fourth-order valence-electron chi connectivity index (χ4n) is 2.27. The molecule has 0 bridgehead atoms. The number of benzene rings is 1. The minimum Gasteiger partial charge on any atom is -0.352 e. The van der Waals surface area contributed by atoms with Gasteiger partial charge >= 0.3 is 0 Å². The largest absolute Gasteiger partial charge is 0.352 e. The predicted molar refractivity (Wildman–Crippen MR) is 70.3 cm³/mol. The van der Waals surface area contributed by atoms with Crippen LogP contribution >= 0.6 is 0 Å². The average Bonchev–Trinajstić information content (AvgIpc) is 2.35. The second-order valence-corrected chi connectivity index (χ2v) is 5.29. The van der Waals surface area contributed by atoms with E-state index in [-0.39, 0.29) is 5.91 Å². The number of hydrogen-bond donors (Lipinski definition) is 1. The molecule has 0 saturated heterocycles. The van der Waals surface area contributed by atoms with Gasteiger partial charge < -0.3 is 5.32 Å². The maximum absolute atomic E-state index is 11.9. The Hall–Kier alpha value is -1.31. The van der Waals surface area contributed by atoms with Crippen molar-refractivity contribution in [3.63, 3.8) is 0 Å². The van der Waals surface area contributed by atoms with Gasteiger partial charge in [0, 0.05) is 12.1 Å². The molecule has 0 atom stereocenters. The van der Waals surface area contributed by atoms with E-state index in [4.69, 9.17) is 0 Å². The summed E-state index contributed by atoms with van der Waals surface area (Å²) < 4.78 is 0. The Bertz CT molecular complexity index is 409. The van der Waals surface area contributed by atoms with Gasteiger partial charge in [0.2, 0.25) is 0 Å². The highest BCUT2D eigenvalue weighted by atomic mass is 16.1. The van der Waals surface area contributed by atoms with Crippen molar-refractivity contribution in [3.05, 3.63) is 34.9 Å². The number of aryl methyl sites for hydroxylation is 2. The van der Waals surface area contributed by atoms with Crippen LogP contribution in [0.3, 0.4) is 0 Å². The Morgan fingerprint density at radius 3 is 2.65 bits per heavy atom. The zero-order valence-corrected chi connectivity index (χ0v) is 10.8. The van der Waals surface area contributed by atoms with Crippen LogP contribution in [-0.2, 0) is 12.8 Å². The lowest BCUT2D eigenvalue weighted by atomic mass is 9.90. The summed E-state index contributed by atoms with van der Waals surface area (Å²) in [6, 6.07) is 6.16. The standard InChI is InChI=1S/C15H21NO/c1-11(2)10-16-15(17)14-8-7-12-5-3-4-6-13(12)9-14/h7-9,11H,3-6,10H2,1-2H3,(H,16,17). The normalized spacial score (nSPS) is 14.5. The number of carbonyl (C=O) groups is 1. The Morgan fingerprint density at radius 1 is 1.24 bits per heavy atom. The third-order valence-corrected chi connectivity index (χ3v) is 3.28. The van der Waals surface area contributed by atoms with Gasteiger partial charge in [0.25, 0.3) is 5.91 Å². The number of nitrogens with one attached hydrogen (secondary N) is 1. The summed E-state index contributed by atoms with van der Waals surface area (Å²) in [6.07, 6.45) is 4.83. The van der Waals surface area contributed by atoms with Crippen molar-refractivity contribution in [2.75, 3.05) is 6.54 Å². The molecular weight excluding hydrogens is 210 g/mol. The van der Waals surface area contributed by atoms with Crippen molar-refractivity contribution in [3.8, 4) is 0 Å². The molecule has 0 unspecified atom stereocenters. The summed E-state index contributed by atoms with van der Waals surface area (Å²) in [4.78, 5) is 11.9. The molecular formula is C15H21NO. The molecule has 1 amide bonds. The lowest BCUT2D eigenvalue weighted by molar-refractivity contribution is 0.0949. The van der Waals surface area contributed by atoms with Crippen LogP contribution in [-0.4, -0.2) is 12.5 Å². The lowest BCUT2D eigenvalue weighted by Gasteiger charge is -2.16. The Kier molecular flexibility index (Phi) is 3.82. The monoisotopic (exact) mass is 231 g/mol. The van der Waals surface area contributed by atoms with Crippen LogP contribution in [0.5, 0.6) is 0 Å². The predicted octanol–water partition coefficient (Wildman–Crippen LogP) is 2.95. The maximum Gasteiger partial charge on any atom is 0.251 e. The first-order valence-corrected chi connectivity index (χ1v) is 6.57. The molecule has 0 radical (unpaired) electrons. The molecule has 1 aromatic carbocycles. The highest BCUT2D eigenvalue weighted by molar-refractivity contribution is 5.94. The molecule has 0 aliphatic heterocycles. The van der Waals surface area contributed by atoms with E-state index in [0.29, 0.717) is 5.92 Å². The average molecular weight is 231 g/mol. The van der Waals surface area contributed by atoms with E-state index in [2.05, 4.69) is 31.3 Å². The second-order valence-electron chi connectivity index (χ2n) is 5.29. The van der Waals surface area contributed by atoms with Gasteiger partial charge in [-0.2, -0.15) is 0 Å².